The van der Waals surface area contributed by atoms with Crippen molar-refractivity contribution in [3.63, 3.8) is 0 Å². The molecule has 0 aliphatic carbocycles. The van der Waals surface area contributed by atoms with Crippen LogP contribution < -0.4 is 4.90 Å². The van der Waals surface area contributed by atoms with Crippen LogP contribution in [0.2, 0.25) is 0 Å². The van der Waals surface area contributed by atoms with Crippen molar-refractivity contribution in [1.82, 2.24) is 15.1 Å². The first-order valence-electron chi connectivity index (χ1n) is 8.45. The van der Waals surface area contributed by atoms with Crippen LogP contribution in [-0.2, 0) is 0 Å². The van der Waals surface area contributed by atoms with E-state index in [4.69, 9.17) is 13.9 Å². The van der Waals surface area contributed by atoms with E-state index >= 15 is 0 Å². The zero-order chi connectivity index (χ0) is 17.2. The summed E-state index contributed by atoms with van der Waals surface area (Å²) in [5.41, 5.74) is 2.22. The number of aliphatic hydroxyl groups excluding tert-OH is 1. The monoisotopic (exact) mass is 340 g/mol. The summed E-state index contributed by atoms with van der Waals surface area (Å²) in [4.78, 5) is 11.4. The first-order chi connectivity index (χ1) is 12.2. The van der Waals surface area contributed by atoms with Crippen LogP contribution in [0.1, 0.15) is 18.5 Å². The van der Waals surface area contributed by atoms with Gasteiger partial charge in [0.1, 0.15) is 5.69 Å². The van der Waals surface area contributed by atoms with Crippen molar-refractivity contribution in [3.05, 3.63) is 36.4 Å². The molecule has 1 aliphatic heterocycles. The van der Waals surface area contributed by atoms with Gasteiger partial charge in [0.05, 0.1) is 17.5 Å². The molecule has 4 heterocycles. The quantitative estimate of drug-likeness (QED) is 0.781. The molecular formula is C18H20N4O3. The van der Waals surface area contributed by atoms with Gasteiger partial charge in [0.15, 0.2) is 11.5 Å². The summed E-state index contributed by atoms with van der Waals surface area (Å²) in [5.74, 6) is 2.18. The van der Waals surface area contributed by atoms with Gasteiger partial charge in [0.2, 0.25) is 5.95 Å². The SMILES string of the molecule is Cc1cc(-c2cnc(N3CCCC(CO)C3)nc2-c2ccco2)on1. The number of furan rings is 1. The van der Waals surface area contributed by atoms with E-state index < -0.39 is 0 Å². The molecule has 0 radical (unpaired) electrons. The fraction of sp³-hybridized carbons (Fsp3) is 0.389. The predicted molar refractivity (Wildman–Crippen MR) is 92.0 cm³/mol. The Labute approximate surface area is 145 Å². The molecular weight excluding hydrogens is 320 g/mol. The van der Waals surface area contributed by atoms with Crippen molar-refractivity contribution in [2.75, 3.05) is 24.6 Å². The van der Waals surface area contributed by atoms with Crippen LogP contribution in [0.25, 0.3) is 22.8 Å². The van der Waals surface area contributed by atoms with E-state index in [2.05, 4.69) is 15.0 Å². The fourth-order valence-electron chi connectivity index (χ4n) is 3.19. The van der Waals surface area contributed by atoms with E-state index in [1.165, 1.54) is 0 Å². The summed E-state index contributed by atoms with van der Waals surface area (Å²) in [6.45, 7) is 3.71. The zero-order valence-corrected chi connectivity index (χ0v) is 14.1. The van der Waals surface area contributed by atoms with E-state index in [-0.39, 0.29) is 12.5 Å². The summed E-state index contributed by atoms with van der Waals surface area (Å²) >= 11 is 0. The highest BCUT2D eigenvalue weighted by Gasteiger charge is 2.24. The van der Waals surface area contributed by atoms with E-state index in [0.717, 1.165) is 37.2 Å². The first-order valence-corrected chi connectivity index (χ1v) is 8.45. The smallest absolute Gasteiger partial charge is 0.226 e. The summed E-state index contributed by atoms with van der Waals surface area (Å²) in [5, 5.41) is 13.4. The Bertz CT molecular complexity index is 844. The minimum atomic E-state index is 0.191. The topological polar surface area (TPSA) is 88.4 Å². The molecule has 0 aromatic carbocycles. The highest BCUT2D eigenvalue weighted by atomic mass is 16.5. The molecule has 0 saturated carbocycles. The number of hydrogen-bond acceptors (Lipinski definition) is 7. The lowest BCUT2D eigenvalue weighted by atomic mass is 9.99. The van der Waals surface area contributed by atoms with E-state index in [1.54, 1.807) is 12.5 Å². The van der Waals surface area contributed by atoms with E-state index in [9.17, 15) is 5.11 Å². The number of aryl methyl sites for hydroxylation is 1. The molecule has 0 spiro atoms. The van der Waals surface area contributed by atoms with Crippen molar-refractivity contribution >= 4 is 5.95 Å². The zero-order valence-electron chi connectivity index (χ0n) is 14.1. The van der Waals surface area contributed by atoms with Crippen molar-refractivity contribution in [2.24, 2.45) is 5.92 Å². The fourth-order valence-corrected chi connectivity index (χ4v) is 3.19. The number of anilines is 1. The molecule has 1 unspecified atom stereocenters. The van der Waals surface area contributed by atoms with Crippen LogP contribution in [0.5, 0.6) is 0 Å². The normalized spacial score (nSPS) is 17.8. The Balaban J connectivity index is 1.75. The predicted octanol–water partition coefficient (Wildman–Crippen LogP) is 2.91. The van der Waals surface area contributed by atoms with Gasteiger partial charge in [-0.2, -0.15) is 0 Å². The second-order valence-electron chi connectivity index (χ2n) is 6.38. The molecule has 25 heavy (non-hydrogen) atoms. The van der Waals surface area contributed by atoms with Gasteiger partial charge in [-0.15, -0.1) is 0 Å². The average Bonchev–Trinajstić information content (AvgIpc) is 3.33. The van der Waals surface area contributed by atoms with Crippen LogP contribution in [0, 0.1) is 12.8 Å². The number of rotatable bonds is 4. The molecule has 0 amide bonds. The lowest BCUT2D eigenvalue weighted by molar-refractivity contribution is 0.208. The molecule has 1 fully saturated rings. The lowest BCUT2D eigenvalue weighted by Gasteiger charge is -2.32. The van der Waals surface area contributed by atoms with E-state index in [0.29, 0.717) is 23.2 Å². The van der Waals surface area contributed by atoms with Gasteiger partial charge in [0, 0.05) is 32.0 Å². The second kappa shape index (κ2) is 6.68. The number of piperidine rings is 1. The van der Waals surface area contributed by atoms with Gasteiger partial charge >= 0.3 is 0 Å². The standard InChI is InChI=1S/C18H20N4O3/c1-12-8-16(25-21-12)14-9-19-18(20-17(14)15-5-3-7-24-15)22-6-2-4-13(10-22)11-23/h3,5,7-9,13,23H,2,4,6,10-11H2,1H3. The highest BCUT2D eigenvalue weighted by Crippen LogP contribution is 2.32. The van der Waals surface area contributed by atoms with Gasteiger partial charge in [-0.3, -0.25) is 0 Å². The van der Waals surface area contributed by atoms with Crippen molar-refractivity contribution in [1.29, 1.82) is 0 Å². The van der Waals surface area contributed by atoms with Gasteiger partial charge in [-0.25, -0.2) is 9.97 Å². The number of hydrogen-bond donors (Lipinski definition) is 1. The summed E-state index contributed by atoms with van der Waals surface area (Å²) in [6, 6.07) is 5.55. The second-order valence-corrected chi connectivity index (χ2v) is 6.38. The lowest BCUT2D eigenvalue weighted by Crippen LogP contribution is -2.37. The van der Waals surface area contributed by atoms with Gasteiger partial charge in [-0.1, -0.05) is 5.16 Å². The third kappa shape index (κ3) is 3.15. The van der Waals surface area contributed by atoms with Crippen molar-refractivity contribution in [3.8, 4) is 22.8 Å². The molecule has 3 aromatic rings. The molecule has 7 heteroatoms. The molecule has 1 atom stereocenters. The largest absolute Gasteiger partial charge is 0.463 e. The van der Waals surface area contributed by atoms with E-state index in [1.807, 2.05) is 25.1 Å². The van der Waals surface area contributed by atoms with Crippen molar-refractivity contribution in [2.45, 2.75) is 19.8 Å². The van der Waals surface area contributed by atoms with Gasteiger partial charge in [-0.05, 0) is 37.8 Å². The van der Waals surface area contributed by atoms with Crippen LogP contribution in [-0.4, -0.2) is 39.9 Å². The molecule has 130 valence electrons. The minimum absolute atomic E-state index is 0.191. The summed E-state index contributed by atoms with van der Waals surface area (Å²) in [6.07, 6.45) is 5.43. The Hall–Kier alpha value is -2.67. The molecule has 1 aliphatic rings. The Morgan fingerprint density at radius 1 is 1.36 bits per heavy atom. The maximum Gasteiger partial charge on any atom is 0.226 e. The Morgan fingerprint density at radius 3 is 3.00 bits per heavy atom. The van der Waals surface area contributed by atoms with Gasteiger partial charge in [0.25, 0.3) is 0 Å². The average molecular weight is 340 g/mol. The Kier molecular flexibility index (Phi) is 4.23. The van der Waals surface area contributed by atoms with Crippen LogP contribution >= 0.6 is 0 Å². The van der Waals surface area contributed by atoms with Crippen LogP contribution in [0.15, 0.2) is 39.6 Å². The number of aliphatic hydroxyl groups is 1. The minimum Gasteiger partial charge on any atom is -0.463 e. The van der Waals surface area contributed by atoms with Gasteiger partial charge < -0.3 is 18.9 Å². The van der Waals surface area contributed by atoms with Crippen LogP contribution in [0.4, 0.5) is 5.95 Å². The van der Waals surface area contributed by atoms with Crippen LogP contribution in [0.3, 0.4) is 0 Å². The molecule has 3 aromatic heterocycles. The first kappa shape index (κ1) is 15.8. The summed E-state index contributed by atoms with van der Waals surface area (Å²) in [7, 11) is 0. The molecule has 1 saturated heterocycles. The maximum absolute atomic E-state index is 9.45. The number of nitrogens with zero attached hydrogens (tertiary/aromatic N) is 4. The molecule has 4 rings (SSSR count). The maximum atomic E-state index is 9.45. The third-order valence-corrected chi connectivity index (χ3v) is 4.48. The molecule has 0 bridgehead atoms. The third-order valence-electron chi connectivity index (χ3n) is 4.48. The number of aromatic nitrogens is 3. The Morgan fingerprint density at radius 2 is 2.28 bits per heavy atom. The molecule has 7 nitrogen and oxygen atoms in total. The molecule has 1 N–H and O–H groups in total. The highest BCUT2D eigenvalue weighted by molar-refractivity contribution is 5.75. The van der Waals surface area contributed by atoms with Crippen molar-refractivity contribution < 1.29 is 14.0 Å². The summed E-state index contributed by atoms with van der Waals surface area (Å²) < 4.78 is 11.0.